The van der Waals surface area contributed by atoms with Crippen LogP contribution in [0.2, 0.25) is 0 Å². The van der Waals surface area contributed by atoms with Crippen molar-refractivity contribution in [3.05, 3.63) is 35.4 Å². The lowest BCUT2D eigenvalue weighted by Crippen LogP contribution is -2.38. The van der Waals surface area contributed by atoms with Crippen molar-refractivity contribution in [2.45, 2.75) is 123 Å². The Hall–Kier alpha value is -2.04. The Balaban J connectivity index is 1.81. The van der Waals surface area contributed by atoms with Crippen LogP contribution < -0.4 is 10.6 Å². The van der Waals surface area contributed by atoms with Crippen molar-refractivity contribution < 1.29 is 14.3 Å². The third-order valence-corrected chi connectivity index (χ3v) is 6.23. The number of nitrogens with one attached hydrogen (secondary N) is 2. The molecule has 0 atom stereocenters. The standard InChI is InChI=1S/C29H50N2O3/c1-3-4-5-6-7-8-9-10-11-12-13-14-15-16-17-18-23-34-28(32)25-31-29(33)30-24-27-21-19-26(2)20-22-27/h19-22H,3-18,23-25H2,1-2H3,(H2,30,31,33). The van der Waals surface area contributed by atoms with E-state index in [1.54, 1.807) is 0 Å². The van der Waals surface area contributed by atoms with Gasteiger partial charge in [-0.15, -0.1) is 0 Å². The van der Waals surface area contributed by atoms with Crippen LogP contribution in [-0.2, 0) is 16.1 Å². The number of hydrogen-bond donors (Lipinski definition) is 2. The number of hydrogen-bond acceptors (Lipinski definition) is 3. The number of esters is 1. The van der Waals surface area contributed by atoms with Gasteiger partial charge in [0.25, 0.3) is 0 Å². The van der Waals surface area contributed by atoms with Crippen molar-refractivity contribution in [1.29, 1.82) is 0 Å². The number of carbonyl (C=O) groups excluding carboxylic acids is 2. The normalized spacial score (nSPS) is 10.8. The van der Waals surface area contributed by atoms with Crippen molar-refractivity contribution in [2.75, 3.05) is 13.2 Å². The molecule has 0 spiro atoms. The number of benzene rings is 1. The summed E-state index contributed by atoms with van der Waals surface area (Å²) in [4.78, 5) is 23.5. The van der Waals surface area contributed by atoms with Crippen molar-refractivity contribution in [3.63, 3.8) is 0 Å². The van der Waals surface area contributed by atoms with Crippen LogP contribution >= 0.6 is 0 Å². The lowest BCUT2D eigenvalue weighted by atomic mass is 10.0. The molecule has 5 nitrogen and oxygen atoms in total. The molecular weight excluding hydrogens is 424 g/mol. The maximum Gasteiger partial charge on any atom is 0.325 e. The second kappa shape index (κ2) is 21.5. The summed E-state index contributed by atoms with van der Waals surface area (Å²) in [6.45, 7) is 5.06. The number of rotatable bonds is 21. The maximum atomic E-state index is 11.8. The highest BCUT2D eigenvalue weighted by Crippen LogP contribution is 2.13. The van der Waals surface area contributed by atoms with Gasteiger partial charge in [0.2, 0.25) is 0 Å². The van der Waals surface area contributed by atoms with Gasteiger partial charge in [-0.1, -0.05) is 133 Å². The van der Waals surface area contributed by atoms with Crippen LogP contribution in [0.3, 0.4) is 0 Å². The predicted molar refractivity (Wildman–Crippen MR) is 142 cm³/mol. The van der Waals surface area contributed by atoms with Crippen LogP contribution in [0.1, 0.15) is 121 Å². The highest BCUT2D eigenvalue weighted by atomic mass is 16.5. The first kappa shape index (κ1) is 30.0. The van der Waals surface area contributed by atoms with Gasteiger partial charge in [-0.05, 0) is 18.9 Å². The zero-order chi connectivity index (χ0) is 24.7. The number of unbranched alkanes of at least 4 members (excludes halogenated alkanes) is 15. The molecule has 0 unspecified atom stereocenters. The largest absolute Gasteiger partial charge is 0.464 e. The van der Waals surface area contributed by atoms with E-state index in [9.17, 15) is 9.59 Å². The first-order valence-electron chi connectivity index (χ1n) is 13.8. The number of amides is 2. The average molecular weight is 475 g/mol. The topological polar surface area (TPSA) is 67.4 Å². The van der Waals surface area contributed by atoms with Gasteiger partial charge in [0.05, 0.1) is 6.61 Å². The summed E-state index contributed by atoms with van der Waals surface area (Å²) in [5, 5.41) is 5.29. The first-order chi connectivity index (χ1) is 16.6. The minimum Gasteiger partial charge on any atom is -0.464 e. The zero-order valence-electron chi connectivity index (χ0n) is 22.0. The molecule has 0 aliphatic carbocycles. The SMILES string of the molecule is CCCCCCCCCCCCCCCCCCOC(=O)CNC(=O)NCc1ccc(C)cc1. The van der Waals surface area contributed by atoms with E-state index in [0.29, 0.717) is 13.2 Å². The molecule has 0 aliphatic heterocycles. The van der Waals surface area contributed by atoms with Gasteiger partial charge < -0.3 is 15.4 Å². The van der Waals surface area contributed by atoms with Crippen molar-refractivity contribution in [1.82, 2.24) is 10.6 Å². The van der Waals surface area contributed by atoms with E-state index in [4.69, 9.17) is 4.74 Å². The molecule has 0 aromatic heterocycles. The van der Waals surface area contributed by atoms with E-state index < -0.39 is 0 Å². The first-order valence-corrected chi connectivity index (χ1v) is 13.8. The van der Waals surface area contributed by atoms with Crippen molar-refractivity contribution >= 4 is 12.0 Å². The lowest BCUT2D eigenvalue weighted by Gasteiger charge is -2.08. The Bertz CT molecular complexity index is 631. The summed E-state index contributed by atoms with van der Waals surface area (Å²) in [5.41, 5.74) is 2.20. The van der Waals surface area contributed by atoms with E-state index in [2.05, 4.69) is 17.6 Å². The van der Waals surface area contributed by atoms with E-state index in [0.717, 1.165) is 18.4 Å². The van der Waals surface area contributed by atoms with Gasteiger partial charge in [0.15, 0.2) is 0 Å². The molecule has 0 aliphatic rings. The minimum atomic E-state index is -0.383. The molecule has 2 amide bonds. The Kier molecular flexibility index (Phi) is 19.0. The fraction of sp³-hybridized carbons (Fsp3) is 0.724. The summed E-state index contributed by atoms with van der Waals surface area (Å²) in [6.07, 6.45) is 21.1. The van der Waals surface area contributed by atoms with Crippen LogP contribution in [-0.4, -0.2) is 25.2 Å². The highest BCUT2D eigenvalue weighted by molar-refractivity contribution is 5.80. The van der Waals surface area contributed by atoms with Crippen LogP contribution in [0, 0.1) is 6.92 Å². The molecule has 5 heteroatoms. The summed E-state index contributed by atoms with van der Waals surface area (Å²) in [6, 6.07) is 7.60. The third-order valence-electron chi connectivity index (χ3n) is 6.23. The molecule has 0 heterocycles. The van der Waals surface area contributed by atoms with Gasteiger partial charge in [-0.25, -0.2) is 4.79 Å². The van der Waals surface area contributed by atoms with E-state index in [-0.39, 0.29) is 18.5 Å². The molecule has 194 valence electrons. The Morgan fingerprint density at radius 3 is 1.65 bits per heavy atom. The van der Waals surface area contributed by atoms with Gasteiger partial charge in [-0.3, -0.25) is 4.79 Å². The highest BCUT2D eigenvalue weighted by Gasteiger charge is 2.06. The Morgan fingerprint density at radius 2 is 1.15 bits per heavy atom. The van der Waals surface area contributed by atoms with Crippen LogP contribution in [0.15, 0.2) is 24.3 Å². The Labute approximate surface area is 208 Å². The molecule has 34 heavy (non-hydrogen) atoms. The van der Waals surface area contributed by atoms with Crippen LogP contribution in [0.25, 0.3) is 0 Å². The molecule has 2 N–H and O–H groups in total. The summed E-state index contributed by atoms with van der Waals surface area (Å²) in [7, 11) is 0. The molecule has 0 bridgehead atoms. The maximum absolute atomic E-state index is 11.8. The molecular formula is C29H50N2O3. The molecule has 0 fully saturated rings. The summed E-state index contributed by atoms with van der Waals surface area (Å²) < 4.78 is 5.21. The number of carbonyl (C=O) groups is 2. The third kappa shape index (κ3) is 18.4. The molecule has 1 aromatic carbocycles. The summed E-state index contributed by atoms with van der Waals surface area (Å²) >= 11 is 0. The molecule has 0 radical (unpaired) electrons. The van der Waals surface area contributed by atoms with Crippen LogP contribution in [0.5, 0.6) is 0 Å². The molecule has 0 saturated heterocycles. The van der Waals surface area contributed by atoms with Crippen LogP contribution in [0.4, 0.5) is 4.79 Å². The van der Waals surface area contributed by atoms with E-state index >= 15 is 0 Å². The molecule has 0 saturated carbocycles. The Morgan fingerprint density at radius 1 is 0.676 bits per heavy atom. The minimum absolute atomic E-state index is 0.0986. The van der Waals surface area contributed by atoms with E-state index in [1.807, 2.05) is 31.2 Å². The van der Waals surface area contributed by atoms with Crippen molar-refractivity contribution in [3.8, 4) is 0 Å². The summed E-state index contributed by atoms with van der Waals surface area (Å²) in [5.74, 6) is -0.383. The second-order valence-electron chi connectivity index (χ2n) is 9.55. The van der Waals surface area contributed by atoms with Gasteiger partial charge >= 0.3 is 12.0 Å². The number of ether oxygens (including phenoxy) is 1. The quantitative estimate of drug-likeness (QED) is 0.142. The average Bonchev–Trinajstić information content (AvgIpc) is 2.84. The van der Waals surface area contributed by atoms with Crippen molar-refractivity contribution in [2.24, 2.45) is 0 Å². The number of aryl methyl sites for hydroxylation is 1. The molecule has 1 aromatic rings. The van der Waals surface area contributed by atoms with E-state index in [1.165, 1.54) is 95.5 Å². The van der Waals surface area contributed by atoms with Gasteiger partial charge in [0.1, 0.15) is 6.54 Å². The lowest BCUT2D eigenvalue weighted by molar-refractivity contribution is -0.142. The molecule has 1 rings (SSSR count). The van der Waals surface area contributed by atoms with Gasteiger partial charge in [0, 0.05) is 6.54 Å². The zero-order valence-corrected chi connectivity index (χ0v) is 22.0. The van der Waals surface area contributed by atoms with Gasteiger partial charge in [-0.2, -0.15) is 0 Å². The second-order valence-corrected chi connectivity index (χ2v) is 9.55. The number of urea groups is 1. The fourth-order valence-corrected chi connectivity index (χ4v) is 3.99. The predicted octanol–water partition coefficient (Wildman–Crippen LogP) is 7.60. The fourth-order valence-electron chi connectivity index (χ4n) is 3.99. The monoisotopic (exact) mass is 474 g/mol. The smallest absolute Gasteiger partial charge is 0.325 e.